The maximum Gasteiger partial charge on any atom is 0.319 e. The Bertz CT molecular complexity index is 792. The molecule has 0 aromatic heterocycles. The predicted octanol–water partition coefficient (Wildman–Crippen LogP) is 4.14. The van der Waals surface area contributed by atoms with Crippen LogP contribution in [0.15, 0.2) is 48.5 Å². The number of piperidine rings is 1. The molecule has 3 amide bonds. The molecule has 0 spiro atoms. The van der Waals surface area contributed by atoms with Gasteiger partial charge in [0.15, 0.2) is 0 Å². The summed E-state index contributed by atoms with van der Waals surface area (Å²) in [5, 5.41) is 6.48. The third-order valence-corrected chi connectivity index (χ3v) is 4.74. The molecule has 1 fully saturated rings. The monoisotopic (exact) mass is 371 g/mol. The van der Waals surface area contributed by atoms with Crippen molar-refractivity contribution in [2.45, 2.75) is 25.8 Å². The van der Waals surface area contributed by atoms with Gasteiger partial charge >= 0.3 is 6.03 Å². The van der Waals surface area contributed by atoms with Gasteiger partial charge in [-0.2, -0.15) is 0 Å². The molecular formula is C20H22ClN3O2. The number of rotatable bonds is 3. The molecule has 0 radical (unpaired) electrons. The number of nitrogens with one attached hydrogen (secondary N) is 2. The van der Waals surface area contributed by atoms with E-state index in [1.54, 1.807) is 11.8 Å². The first-order chi connectivity index (χ1) is 12.5. The molecule has 3 rings (SSSR count). The normalized spacial score (nSPS) is 16.8. The summed E-state index contributed by atoms with van der Waals surface area (Å²) in [6.07, 6.45) is 1.78. The fourth-order valence-corrected chi connectivity index (χ4v) is 3.34. The highest BCUT2D eigenvalue weighted by molar-refractivity contribution is 6.30. The Morgan fingerprint density at radius 1 is 1.12 bits per heavy atom. The highest BCUT2D eigenvalue weighted by Gasteiger charge is 2.22. The maximum absolute atomic E-state index is 12.2. The molecular weight excluding hydrogens is 350 g/mol. The Balaban J connectivity index is 1.57. The van der Waals surface area contributed by atoms with E-state index in [1.165, 1.54) is 0 Å². The average molecular weight is 372 g/mol. The van der Waals surface area contributed by atoms with E-state index in [0.717, 1.165) is 30.5 Å². The van der Waals surface area contributed by atoms with Crippen molar-refractivity contribution in [1.82, 2.24) is 10.2 Å². The number of hydrogen-bond acceptors (Lipinski definition) is 2. The van der Waals surface area contributed by atoms with Gasteiger partial charge in [-0.3, -0.25) is 4.79 Å². The van der Waals surface area contributed by atoms with E-state index < -0.39 is 0 Å². The fourth-order valence-electron chi connectivity index (χ4n) is 3.15. The lowest BCUT2D eigenvalue weighted by Crippen LogP contribution is -2.50. The number of urea groups is 1. The Morgan fingerprint density at radius 2 is 1.88 bits per heavy atom. The maximum atomic E-state index is 12.2. The van der Waals surface area contributed by atoms with Gasteiger partial charge in [0.2, 0.25) is 5.91 Å². The number of benzene rings is 2. The van der Waals surface area contributed by atoms with E-state index in [1.807, 2.05) is 48.5 Å². The highest BCUT2D eigenvalue weighted by atomic mass is 35.5. The van der Waals surface area contributed by atoms with E-state index in [9.17, 15) is 9.59 Å². The smallest absolute Gasteiger partial charge is 0.319 e. The van der Waals surface area contributed by atoms with E-state index in [2.05, 4.69) is 10.6 Å². The first-order valence-corrected chi connectivity index (χ1v) is 9.08. The van der Waals surface area contributed by atoms with Crippen LogP contribution in [0.1, 0.15) is 19.8 Å². The summed E-state index contributed by atoms with van der Waals surface area (Å²) in [4.78, 5) is 25.5. The van der Waals surface area contributed by atoms with Crippen LogP contribution in [-0.2, 0) is 4.79 Å². The van der Waals surface area contributed by atoms with E-state index in [0.29, 0.717) is 17.3 Å². The molecule has 1 heterocycles. The Morgan fingerprint density at radius 3 is 2.58 bits per heavy atom. The molecule has 1 atom stereocenters. The third-order valence-electron chi connectivity index (χ3n) is 4.50. The molecule has 2 N–H and O–H groups in total. The van der Waals surface area contributed by atoms with Gasteiger partial charge in [-0.15, -0.1) is 0 Å². The number of hydrogen-bond donors (Lipinski definition) is 2. The molecule has 1 unspecified atom stereocenters. The molecule has 0 bridgehead atoms. The van der Waals surface area contributed by atoms with Crippen molar-refractivity contribution in [3.63, 3.8) is 0 Å². The number of carbonyl (C=O) groups excluding carboxylic acids is 2. The Labute approximate surface area is 158 Å². The van der Waals surface area contributed by atoms with Crippen LogP contribution in [0.2, 0.25) is 5.02 Å². The van der Waals surface area contributed by atoms with Gasteiger partial charge in [-0.1, -0.05) is 35.9 Å². The van der Waals surface area contributed by atoms with Gasteiger partial charge in [-0.05, 0) is 48.2 Å². The van der Waals surface area contributed by atoms with Crippen LogP contribution in [0.4, 0.5) is 10.5 Å². The minimum Gasteiger partial charge on any atom is -0.341 e. The van der Waals surface area contributed by atoms with Crippen LogP contribution in [0.5, 0.6) is 0 Å². The molecule has 1 aliphatic rings. The average Bonchev–Trinajstić information content (AvgIpc) is 2.62. The van der Waals surface area contributed by atoms with Crippen LogP contribution < -0.4 is 10.6 Å². The van der Waals surface area contributed by atoms with Crippen LogP contribution >= 0.6 is 11.6 Å². The highest BCUT2D eigenvalue weighted by Crippen LogP contribution is 2.24. The number of likely N-dealkylation sites (tertiary alicyclic amines) is 1. The van der Waals surface area contributed by atoms with Gasteiger partial charge in [0, 0.05) is 36.8 Å². The van der Waals surface area contributed by atoms with Crippen molar-refractivity contribution < 1.29 is 9.59 Å². The van der Waals surface area contributed by atoms with Crippen molar-refractivity contribution in [3.8, 4) is 11.1 Å². The lowest BCUT2D eigenvalue weighted by molar-refractivity contribution is -0.130. The minimum atomic E-state index is -0.254. The van der Waals surface area contributed by atoms with Gasteiger partial charge in [0.25, 0.3) is 0 Å². The summed E-state index contributed by atoms with van der Waals surface area (Å²) in [5.41, 5.74) is 2.77. The zero-order valence-corrected chi connectivity index (χ0v) is 15.4. The first-order valence-electron chi connectivity index (χ1n) is 8.70. The predicted molar refractivity (Wildman–Crippen MR) is 104 cm³/mol. The lowest BCUT2D eigenvalue weighted by Gasteiger charge is -2.32. The van der Waals surface area contributed by atoms with Crippen molar-refractivity contribution >= 4 is 29.2 Å². The quantitative estimate of drug-likeness (QED) is 0.851. The van der Waals surface area contributed by atoms with Crippen LogP contribution in [0.3, 0.4) is 0 Å². The van der Waals surface area contributed by atoms with Gasteiger partial charge < -0.3 is 15.5 Å². The molecule has 26 heavy (non-hydrogen) atoms. The lowest BCUT2D eigenvalue weighted by atomic mass is 10.1. The van der Waals surface area contributed by atoms with Crippen molar-refractivity contribution in [1.29, 1.82) is 0 Å². The molecule has 0 aliphatic carbocycles. The fraction of sp³-hybridized carbons (Fsp3) is 0.300. The number of nitrogens with zero attached hydrogens (tertiary/aromatic N) is 1. The molecule has 1 saturated heterocycles. The Hall–Kier alpha value is -2.53. The largest absolute Gasteiger partial charge is 0.341 e. The zero-order valence-electron chi connectivity index (χ0n) is 14.7. The van der Waals surface area contributed by atoms with E-state index >= 15 is 0 Å². The second-order valence-corrected chi connectivity index (χ2v) is 6.93. The summed E-state index contributed by atoms with van der Waals surface area (Å²) in [7, 11) is 0. The SMILES string of the molecule is CC(=O)N1CCCC(NC(=O)Nc2ccc(-c3cccc(Cl)c3)cc2)C1. The molecule has 0 saturated carbocycles. The molecule has 6 heteroatoms. The molecule has 5 nitrogen and oxygen atoms in total. The summed E-state index contributed by atoms with van der Waals surface area (Å²) in [6.45, 7) is 2.89. The van der Waals surface area contributed by atoms with E-state index in [4.69, 9.17) is 11.6 Å². The second kappa shape index (κ2) is 8.23. The van der Waals surface area contributed by atoms with Crippen LogP contribution in [0, 0.1) is 0 Å². The number of anilines is 1. The second-order valence-electron chi connectivity index (χ2n) is 6.49. The standard InChI is InChI=1S/C20H22ClN3O2/c1-14(25)24-11-3-6-19(13-24)23-20(26)22-18-9-7-15(8-10-18)16-4-2-5-17(21)12-16/h2,4-5,7-10,12,19H,3,6,11,13H2,1H3,(H2,22,23,26). The van der Waals surface area contributed by atoms with Crippen LogP contribution in [-0.4, -0.2) is 36.0 Å². The van der Waals surface area contributed by atoms with Crippen LogP contribution in [0.25, 0.3) is 11.1 Å². The third kappa shape index (κ3) is 4.76. The molecule has 1 aliphatic heterocycles. The van der Waals surface area contributed by atoms with E-state index in [-0.39, 0.29) is 18.0 Å². The van der Waals surface area contributed by atoms with Gasteiger partial charge in [0.1, 0.15) is 0 Å². The summed E-state index contributed by atoms with van der Waals surface area (Å²) in [6, 6.07) is 15.0. The molecule has 136 valence electrons. The first kappa shape index (κ1) is 18.3. The molecule has 2 aromatic rings. The summed E-state index contributed by atoms with van der Waals surface area (Å²) in [5.74, 6) is 0.0495. The van der Waals surface area contributed by atoms with Crippen molar-refractivity contribution in [2.75, 3.05) is 18.4 Å². The number of amides is 3. The Kier molecular flexibility index (Phi) is 5.78. The summed E-state index contributed by atoms with van der Waals surface area (Å²) >= 11 is 6.03. The molecule has 2 aromatic carbocycles. The topological polar surface area (TPSA) is 61.4 Å². The number of carbonyl (C=O) groups is 2. The van der Waals surface area contributed by atoms with Gasteiger partial charge in [0.05, 0.1) is 0 Å². The number of halogens is 1. The van der Waals surface area contributed by atoms with Crippen molar-refractivity contribution in [3.05, 3.63) is 53.6 Å². The van der Waals surface area contributed by atoms with Crippen molar-refractivity contribution in [2.24, 2.45) is 0 Å². The summed E-state index contributed by atoms with van der Waals surface area (Å²) < 4.78 is 0. The van der Waals surface area contributed by atoms with Gasteiger partial charge in [-0.25, -0.2) is 4.79 Å². The minimum absolute atomic E-state index is 0.0154. The zero-order chi connectivity index (χ0) is 18.5.